The van der Waals surface area contributed by atoms with Crippen LogP contribution in [0.25, 0.3) is 5.57 Å². The van der Waals surface area contributed by atoms with Crippen molar-refractivity contribution in [2.75, 3.05) is 0 Å². The van der Waals surface area contributed by atoms with Crippen LogP contribution in [0.5, 0.6) is 0 Å². The van der Waals surface area contributed by atoms with Gasteiger partial charge in [0.2, 0.25) is 0 Å². The maximum absolute atomic E-state index is 2.47. The average molecular weight is 156 g/mol. The molecule has 60 valence electrons. The second kappa shape index (κ2) is 2.22. The highest BCUT2D eigenvalue weighted by atomic mass is 14.4. The molecule has 0 bridgehead atoms. The van der Waals surface area contributed by atoms with Crippen LogP contribution in [0, 0.1) is 11.8 Å². The number of rotatable bonds is 1. The summed E-state index contributed by atoms with van der Waals surface area (Å²) >= 11 is 0. The van der Waals surface area contributed by atoms with Crippen LogP contribution in [0.3, 0.4) is 0 Å². The van der Waals surface area contributed by atoms with E-state index in [2.05, 4.69) is 36.4 Å². The molecule has 1 saturated carbocycles. The van der Waals surface area contributed by atoms with Crippen LogP contribution in [0.2, 0.25) is 0 Å². The molecule has 1 aromatic carbocycles. The highest BCUT2D eigenvalue weighted by Crippen LogP contribution is 2.52. The predicted octanol–water partition coefficient (Wildman–Crippen LogP) is 3.11. The van der Waals surface area contributed by atoms with Gasteiger partial charge in [0.25, 0.3) is 0 Å². The van der Waals surface area contributed by atoms with Crippen molar-refractivity contribution in [2.45, 2.75) is 12.8 Å². The van der Waals surface area contributed by atoms with E-state index < -0.39 is 0 Å². The Morgan fingerprint density at radius 3 is 2.58 bits per heavy atom. The molecule has 0 heteroatoms. The lowest BCUT2D eigenvalue weighted by molar-refractivity contribution is 0.862. The molecule has 0 aliphatic heterocycles. The van der Waals surface area contributed by atoms with Crippen molar-refractivity contribution in [1.82, 2.24) is 0 Å². The first-order chi connectivity index (χ1) is 5.93. The van der Waals surface area contributed by atoms with E-state index >= 15 is 0 Å². The Morgan fingerprint density at radius 1 is 1.08 bits per heavy atom. The second-order valence-corrected chi connectivity index (χ2v) is 3.92. The van der Waals surface area contributed by atoms with Gasteiger partial charge in [-0.3, -0.25) is 0 Å². The van der Waals surface area contributed by atoms with Crippen molar-refractivity contribution in [2.24, 2.45) is 11.8 Å². The van der Waals surface area contributed by atoms with Crippen LogP contribution in [0.1, 0.15) is 18.4 Å². The minimum atomic E-state index is 0.945. The summed E-state index contributed by atoms with van der Waals surface area (Å²) in [5.74, 6) is 1.96. The summed E-state index contributed by atoms with van der Waals surface area (Å²) in [6, 6.07) is 10.8. The van der Waals surface area contributed by atoms with E-state index in [-0.39, 0.29) is 0 Å². The van der Waals surface area contributed by atoms with Gasteiger partial charge in [-0.25, -0.2) is 0 Å². The van der Waals surface area contributed by atoms with Crippen LogP contribution in [-0.4, -0.2) is 0 Å². The molecule has 0 heterocycles. The molecule has 2 aliphatic carbocycles. The molecule has 0 aromatic heterocycles. The van der Waals surface area contributed by atoms with Crippen molar-refractivity contribution in [3.8, 4) is 0 Å². The molecule has 1 fully saturated rings. The standard InChI is InChI=1S/C12H12/c1-2-4-9(5-3-1)10-6-11-8-12(11)7-10/h1-6,11-12H,7-8H2/t11-,12+/m1/s1. The lowest BCUT2D eigenvalue weighted by Crippen LogP contribution is -1.81. The van der Waals surface area contributed by atoms with Crippen LogP contribution >= 0.6 is 0 Å². The molecule has 12 heavy (non-hydrogen) atoms. The van der Waals surface area contributed by atoms with Crippen molar-refractivity contribution in [1.29, 1.82) is 0 Å². The number of benzene rings is 1. The second-order valence-electron chi connectivity index (χ2n) is 3.92. The molecule has 1 aromatic rings. The summed E-state index contributed by atoms with van der Waals surface area (Å²) in [5, 5.41) is 0. The molecule has 3 rings (SSSR count). The Bertz CT molecular complexity index is 321. The van der Waals surface area contributed by atoms with Crippen molar-refractivity contribution >= 4 is 5.57 Å². The van der Waals surface area contributed by atoms with E-state index in [1.165, 1.54) is 18.4 Å². The summed E-state index contributed by atoms with van der Waals surface area (Å²) < 4.78 is 0. The van der Waals surface area contributed by atoms with Gasteiger partial charge in [-0.1, -0.05) is 36.4 Å². The molecule has 2 aliphatic rings. The van der Waals surface area contributed by atoms with Crippen molar-refractivity contribution < 1.29 is 0 Å². The van der Waals surface area contributed by atoms with Gasteiger partial charge in [-0.05, 0) is 35.8 Å². The quantitative estimate of drug-likeness (QED) is 0.586. The highest BCUT2D eigenvalue weighted by molar-refractivity contribution is 5.69. The summed E-state index contributed by atoms with van der Waals surface area (Å²) in [7, 11) is 0. The van der Waals surface area contributed by atoms with Gasteiger partial charge in [-0.2, -0.15) is 0 Å². The fourth-order valence-electron chi connectivity index (χ4n) is 2.19. The van der Waals surface area contributed by atoms with Gasteiger partial charge >= 0.3 is 0 Å². The van der Waals surface area contributed by atoms with Gasteiger partial charge in [0.15, 0.2) is 0 Å². The van der Waals surface area contributed by atoms with E-state index in [4.69, 9.17) is 0 Å². The molecular formula is C12H12. The SMILES string of the molecule is C1=C(c2ccccc2)C[C@H]2C[C@@H]12. The Kier molecular flexibility index (Phi) is 1.20. The van der Waals surface area contributed by atoms with E-state index in [0.717, 1.165) is 11.8 Å². The third kappa shape index (κ3) is 0.911. The van der Waals surface area contributed by atoms with E-state index in [9.17, 15) is 0 Å². The van der Waals surface area contributed by atoms with E-state index in [0.29, 0.717) is 0 Å². The number of hydrogen-bond donors (Lipinski definition) is 0. The van der Waals surface area contributed by atoms with Gasteiger partial charge in [0, 0.05) is 0 Å². The van der Waals surface area contributed by atoms with Crippen molar-refractivity contribution in [3.05, 3.63) is 42.0 Å². The molecule has 0 spiro atoms. The zero-order chi connectivity index (χ0) is 7.97. The van der Waals surface area contributed by atoms with Crippen LogP contribution in [0.4, 0.5) is 0 Å². The number of fused-ring (bicyclic) bond motifs is 1. The van der Waals surface area contributed by atoms with Crippen LogP contribution in [-0.2, 0) is 0 Å². The fraction of sp³-hybridized carbons (Fsp3) is 0.333. The minimum Gasteiger partial charge on any atom is -0.0773 e. The van der Waals surface area contributed by atoms with E-state index in [1.54, 1.807) is 5.57 Å². The lowest BCUT2D eigenvalue weighted by atomic mass is 10.0. The lowest BCUT2D eigenvalue weighted by Gasteiger charge is -2.02. The third-order valence-corrected chi connectivity index (χ3v) is 3.02. The Morgan fingerprint density at radius 2 is 1.92 bits per heavy atom. The highest BCUT2D eigenvalue weighted by Gasteiger charge is 2.40. The first kappa shape index (κ1) is 6.47. The van der Waals surface area contributed by atoms with Crippen LogP contribution in [0.15, 0.2) is 36.4 Å². The zero-order valence-electron chi connectivity index (χ0n) is 7.03. The van der Waals surface area contributed by atoms with Crippen LogP contribution < -0.4 is 0 Å². The zero-order valence-corrected chi connectivity index (χ0v) is 7.03. The molecule has 0 radical (unpaired) electrons. The summed E-state index contributed by atoms with van der Waals surface area (Å²) in [5.41, 5.74) is 3.02. The van der Waals surface area contributed by atoms with E-state index in [1.807, 2.05) is 0 Å². The average Bonchev–Trinajstić information content (AvgIpc) is 2.75. The summed E-state index contributed by atoms with van der Waals surface area (Å²) in [6.07, 6.45) is 5.25. The minimum absolute atomic E-state index is 0.945. The summed E-state index contributed by atoms with van der Waals surface area (Å²) in [4.78, 5) is 0. The maximum atomic E-state index is 2.47. The normalized spacial score (nSPS) is 31.2. The third-order valence-electron chi connectivity index (χ3n) is 3.02. The monoisotopic (exact) mass is 156 g/mol. The Balaban J connectivity index is 1.95. The van der Waals surface area contributed by atoms with Gasteiger partial charge in [0.1, 0.15) is 0 Å². The van der Waals surface area contributed by atoms with Crippen molar-refractivity contribution in [3.63, 3.8) is 0 Å². The van der Waals surface area contributed by atoms with Gasteiger partial charge in [0.05, 0.1) is 0 Å². The first-order valence-corrected chi connectivity index (χ1v) is 4.69. The maximum Gasteiger partial charge on any atom is -0.0193 e. The van der Waals surface area contributed by atoms with Gasteiger partial charge in [-0.15, -0.1) is 0 Å². The predicted molar refractivity (Wildman–Crippen MR) is 50.6 cm³/mol. The molecule has 0 amide bonds. The largest absolute Gasteiger partial charge is 0.0773 e. The molecule has 2 atom stereocenters. The summed E-state index contributed by atoms with van der Waals surface area (Å²) in [6.45, 7) is 0. The molecular weight excluding hydrogens is 144 g/mol. The topological polar surface area (TPSA) is 0 Å². The fourth-order valence-corrected chi connectivity index (χ4v) is 2.19. The smallest absolute Gasteiger partial charge is 0.0193 e. The Labute approximate surface area is 72.9 Å². The Hall–Kier alpha value is -1.04. The molecule has 0 N–H and O–H groups in total. The number of hydrogen-bond acceptors (Lipinski definition) is 0. The molecule has 0 nitrogen and oxygen atoms in total. The molecule has 0 saturated heterocycles. The van der Waals surface area contributed by atoms with Gasteiger partial charge < -0.3 is 0 Å². The number of allylic oxidation sites excluding steroid dienone is 2. The molecule has 0 unspecified atom stereocenters. The first-order valence-electron chi connectivity index (χ1n) is 4.69.